The van der Waals surface area contributed by atoms with Crippen LogP contribution in [0.25, 0.3) is 11.0 Å². The van der Waals surface area contributed by atoms with Crippen LogP contribution in [-0.4, -0.2) is 29.3 Å². The van der Waals surface area contributed by atoms with Gasteiger partial charge in [0.25, 0.3) is 0 Å². The number of fused-ring (bicyclic) bond motifs is 1. The van der Waals surface area contributed by atoms with Gasteiger partial charge in [0.1, 0.15) is 17.9 Å². The number of nitrogens with one attached hydrogen (secondary N) is 1. The summed E-state index contributed by atoms with van der Waals surface area (Å²) >= 11 is 0. The Hall–Kier alpha value is -2.24. The molecule has 0 fully saturated rings. The minimum absolute atomic E-state index is 0. The van der Waals surface area contributed by atoms with Crippen LogP contribution in [-0.2, 0) is 13.6 Å². The molecule has 0 aliphatic rings. The van der Waals surface area contributed by atoms with Crippen molar-refractivity contribution in [2.75, 3.05) is 20.2 Å². The highest BCUT2D eigenvalue weighted by Gasteiger charge is 2.14. The lowest BCUT2D eigenvalue weighted by atomic mass is 10.2. The van der Waals surface area contributed by atoms with Crippen molar-refractivity contribution in [1.29, 1.82) is 0 Å². The van der Waals surface area contributed by atoms with Gasteiger partial charge in [0.2, 0.25) is 0 Å². The molecule has 1 N–H and O–H groups in total. The van der Waals surface area contributed by atoms with E-state index in [-0.39, 0.29) is 18.1 Å². The zero-order valence-electron chi connectivity index (χ0n) is 13.9. The summed E-state index contributed by atoms with van der Waals surface area (Å²) in [4.78, 5) is 12.6. The molecule has 5 nitrogen and oxygen atoms in total. The molecule has 0 amide bonds. The van der Waals surface area contributed by atoms with Crippen LogP contribution >= 0.6 is 12.4 Å². The van der Waals surface area contributed by atoms with Gasteiger partial charge in [-0.05, 0) is 24.7 Å². The van der Waals surface area contributed by atoms with E-state index in [1.54, 1.807) is 16.2 Å². The van der Waals surface area contributed by atoms with Gasteiger partial charge in [-0.25, -0.2) is 4.79 Å². The quantitative estimate of drug-likeness (QED) is 0.697. The molecule has 0 bridgehead atoms. The van der Waals surface area contributed by atoms with E-state index < -0.39 is 0 Å². The van der Waals surface area contributed by atoms with Crippen molar-refractivity contribution in [3.63, 3.8) is 0 Å². The number of ether oxygens (including phenoxy) is 1. The molecule has 1 heterocycles. The van der Waals surface area contributed by atoms with Crippen LogP contribution in [0.3, 0.4) is 0 Å². The highest BCUT2D eigenvalue weighted by Crippen LogP contribution is 2.24. The molecule has 0 atom stereocenters. The molecule has 0 saturated carbocycles. The zero-order chi connectivity index (χ0) is 16.2. The lowest BCUT2D eigenvalue weighted by molar-refractivity contribution is 0.321. The van der Waals surface area contributed by atoms with Gasteiger partial charge in [-0.3, -0.25) is 9.13 Å². The fraction of sp³-hybridized carbons (Fsp3) is 0.278. The molecular weight excluding hydrogens is 326 g/mol. The molecule has 0 saturated heterocycles. The summed E-state index contributed by atoms with van der Waals surface area (Å²) in [5.41, 5.74) is 2.80. The van der Waals surface area contributed by atoms with Crippen LogP contribution < -0.4 is 15.7 Å². The van der Waals surface area contributed by atoms with E-state index in [0.29, 0.717) is 13.2 Å². The minimum Gasteiger partial charge on any atom is -0.490 e. The van der Waals surface area contributed by atoms with Gasteiger partial charge >= 0.3 is 5.69 Å². The largest absolute Gasteiger partial charge is 0.490 e. The van der Waals surface area contributed by atoms with Crippen molar-refractivity contribution < 1.29 is 4.74 Å². The number of rotatable bonds is 6. The molecule has 2 aromatic carbocycles. The second-order valence-corrected chi connectivity index (χ2v) is 5.49. The molecular formula is C18H22ClN3O2. The van der Waals surface area contributed by atoms with Gasteiger partial charge < -0.3 is 10.1 Å². The van der Waals surface area contributed by atoms with Crippen LogP contribution in [0.2, 0.25) is 0 Å². The third-order valence-corrected chi connectivity index (χ3v) is 3.91. The second kappa shape index (κ2) is 8.04. The maximum Gasteiger partial charge on any atom is 0.329 e. The van der Waals surface area contributed by atoms with Gasteiger partial charge in [0.15, 0.2) is 0 Å². The smallest absolute Gasteiger partial charge is 0.329 e. The zero-order valence-corrected chi connectivity index (χ0v) is 14.7. The van der Waals surface area contributed by atoms with E-state index in [1.807, 2.05) is 55.6 Å². The molecule has 6 heteroatoms. The number of para-hydroxylation sites is 1. The summed E-state index contributed by atoms with van der Waals surface area (Å²) in [6.07, 6.45) is 0. The molecule has 0 radical (unpaired) electrons. The Bertz CT molecular complexity index is 856. The van der Waals surface area contributed by atoms with Crippen molar-refractivity contribution >= 4 is 23.4 Å². The predicted molar refractivity (Wildman–Crippen MR) is 99.4 cm³/mol. The molecule has 1 aromatic heterocycles. The van der Waals surface area contributed by atoms with Crippen molar-refractivity contribution in [2.24, 2.45) is 7.05 Å². The summed E-state index contributed by atoms with van der Waals surface area (Å²) < 4.78 is 9.27. The van der Waals surface area contributed by atoms with Crippen molar-refractivity contribution in [1.82, 2.24) is 14.5 Å². The van der Waals surface area contributed by atoms with Crippen molar-refractivity contribution in [3.8, 4) is 5.75 Å². The normalized spacial score (nSPS) is 10.6. The van der Waals surface area contributed by atoms with Gasteiger partial charge in [-0.15, -0.1) is 12.4 Å². The molecule has 128 valence electrons. The van der Waals surface area contributed by atoms with Gasteiger partial charge in [0, 0.05) is 13.6 Å². The number of likely N-dealkylation sites (N-methyl/N-ethyl adjacent to an activating group) is 1. The van der Waals surface area contributed by atoms with Crippen LogP contribution in [0.5, 0.6) is 5.75 Å². The third-order valence-electron chi connectivity index (χ3n) is 3.91. The summed E-state index contributed by atoms with van der Waals surface area (Å²) in [5, 5.41) is 3.05. The highest BCUT2D eigenvalue weighted by molar-refractivity contribution is 5.85. The molecule has 3 rings (SSSR count). The number of aryl methyl sites for hydroxylation is 1. The lowest BCUT2D eigenvalue weighted by Gasteiger charge is -2.08. The number of nitrogens with zero attached hydrogens (tertiary/aromatic N) is 2. The van der Waals surface area contributed by atoms with E-state index in [2.05, 4.69) is 5.32 Å². The maximum atomic E-state index is 12.6. The Morgan fingerprint density at radius 3 is 2.54 bits per heavy atom. The van der Waals surface area contributed by atoms with E-state index in [9.17, 15) is 4.79 Å². The molecule has 24 heavy (non-hydrogen) atoms. The predicted octanol–water partition coefficient (Wildman–Crippen LogP) is 2.41. The van der Waals surface area contributed by atoms with Gasteiger partial charge in [0.05, 0.1) is 12.1 Å². The summed E-state index contributed by atoms with van der Waals surface area (Å²) in [5.74, 6) is 0.740. The Morgan fingerprint density at radius 2 is 1.83 bits per heavy atom. The number of hydrogen-bond acceptors (Lipinski definition) is 3. The Morgan fingerprint density at radius 1 is 1.08 bits per heavy atom. The third kappa shape index (κ3) is 3.47. The molecule has 0 aliphatic heterocycles. The number of aromatic nitrogens is 2. The summed E-state index contributed by atoms with van der Waals surface area (Å²) in [6, 6.07) is 15.8. The first kappa shape index (κ1) is 18.1. The second-order valence-electron chi connectivity index (χ2n) is 5.49. The van der Waals surface area contributed by atoms with Crippen LogP contribution in [0.15, 0.2) is 53.3 Å². The van der Waals surface area contributed by atoms with Crippen molar-refractivity contribution in [2.45, 2.75) is 6.54 Å². The Labute approximate surface area is 147 Å². The fourth-order valence-corrected chi connectivity index (χ4v) is 2.74. The van der Waals surface area contributed by atoms with Crippen LogP contribution in [0, 0.1) is 0 Å². The molecule has 3 aromatic rings. The molecule has 0 aliphatic carbocycles. The first-order chi connectivity index (χ1) is 11.2. The summed E-state index contributed by atoms with van der Waals surface area (Å²) in [7, 11) is 3.67. The van der Waals surface area contributed by atoms with Gasteiger partial charge in [-0.2, -0.15) is 0 Å². The SMILES string of the molecule is CNCCOc1cccc2c1n(C)c(=O)n2Cc1ccccc1.Cl. The first-order valence-corrected chi connectivity index (χ1v) is 7.72. The highest BCUT2D eigenvalue weighted by atomic mass is 35.5. The Kier molecular flexibility index (Phi) is 6.06. The van der Waals surface area contributed by atoms with E-state index in [0.717, 1.165) is 28.9 Å². The maximum absolute atomic E-state index is 12.6. The topological polar surface area (TPSA) is 48.2 Å². The Balaban J connectivity index is 0.00000208. The lowest BCUT2D eigenvalue weighted by Crippen LogP contribution is -2.22. The average molecular weight is 348 g/mol. The average Bonchev–Trinajstić information content (AvgIpc) is 2.82. The van der Waals surface area contributed by atoms with Crippen LogP contribution in [0.1, 0.15) is 5.56 Å². The van der Waals surface area contributed by atoms with Gasteiger partial charge in [-0.1, -0.05) is 36.4 Å². The fourth-order valence-electron chi connectivity index (χ4n) is 2.74. The first-order valence-electron chi connectivity index (χ1n) is 7.72. The van der Waals surface area contributed by atoms with Crippen LogP contribution in [0.4, 0.5) is 0 Å². The minimum atomic E-state index is -0.0338. The summed E-state index contributed by atoms with van der Waals surface area (Å²) in [6.45, 7) is 1.87. The number of imidazole rings is 1. The monoisotopic (exact) mass is 347 g/mol. The number of hydrogen-bond donors (Lipinski definition) is 1. The van der Waals surface area contributed by atoms with E-state index in [4.69, 9.17) is 4.74 Å². The standard InChI is InChI=1S/C18H21N3O2.ClH/c1-19-11-12-23-16-10-6-9-15-17(16)20(2)18(22)21(15)13-14-7-4-3-5-8-14;/h3-10,19H,11-13H2,1-2H3;1H. The number of benzene rings is 2. The van der Waals surface area contributed by atoms with E-state index in [1.165, 1.54) is 0 Å². The number of halogens is 1. The molecule has 0 spiro atoms. The van der Waals surface area contributed by atoms with E-state index >= 15 is 0 Å². The molecule has 0 unspecified atom stereocenters. The van der Waals surface area contributed by atoms with Crippen molar-refractivity contribution in [3.05, 3.63) is 64.6 Å².